The highest BCUT2D eigenvalue weighted by Crippen LogP contribution is 2.08. The Balaban J connectivity index is 2.21. The van der Waals surface area contributed by atoms with Gasteiger partial charge in [0.05, 0.1) is 6.04 Å². The molecule has 106 valence electrons. The van der Waals surface area contributed by atoms with E-state index in [9.17, 15) is 9.59 Å². The highest BCUT2D eigenvalue weighted by molar-refractivity contribution is 5.94. The van der Waals surface area contributed by atoms with Crippen molar-refractivity contribution in [3.05, 3.63) is 51.5 Å². The van der Waals surface area contributed by atoms with Crippen LogP contribution in [0.5, 0.6) is 0 Å². The molecule has 2 N–H and O–H groups in total. The molecule has 6 heteroatoms. The van der Waals surface area contributed by atoms with E-state index in [-0.39, 0.29) is 17.2 Å². The van der Waals surface area contributed by atoms with E-state index in [1.54, 1.807) is 25.4 Å². The molecular formula is C14H18N4O2. The standard InChI is InChI=1S/C14H18N4O2/c1-8-7-15-12(16-8)10(3)17-13(19)11-6-5-9(2)18(4)14(11)20/h5-7,10H,1-4H3,(H,15,16)(H,17,19)/t10-/m1/s1. The molecule has 20 heavy (non-hydrogen) atoms. The normalized spacial score (nSPS) is 12.2. The number of nitrogens with zero attached hydrogens (tertiary/aromatic N) is 2. The van der Waals surface area contributed by atoms with Gasteiger partial charge in [-0.25, -0.2) is 4.98 Å². The minimum atomic E-state index is -0.396. The molecule has 0 aromatic carbocycles. The fourth-order valence-electron chi connectivity index (χ4n) is 1.90. The van der Waals surface area contributed by atoms with E-state index in [1.807, 2.05) is 20.8 Å². The quantitative estimate of drug-likeness (QED) is 0.883. The lowest BCUT2D eigenvalue weighted by Gasteiger charge is -2.12. The smallest absolute Gasteiger partial charge is 0.263 e. The Bertz CT molecular complexity index is 699. The summed E-state index contributed by atoms with van der Waals surface area (Å²) < 4.78 is 1.45. The van der Waals surface area contributed by atoms with E-state index < -0.39 is 5.91 Å². The molecule has 0 saturated heterocycles. The van der Waals surface area contributed by atoms with Crippen molar-refractivity contribution in [2.75, 3.05) is 0 Å². The summed E-state index contributed by atoms with van der Waals surface area (Å²) in [6.07, 6.45) is 1.70. The fourth-order valence-corrected chi connectivity index (χ4v) is 1.90. The Morgan fingerprint density at radius 2 is 2.10 bits per heavy atom. The van der Waals surface area contributed by atoms with Crippen LogP contribution < -0.4 is 10.9 Å². The summed E-state index contributed by atoms with van der Waals surface area (Å²) in [5.74, 6) is 0.270. The summed E-state index contributed by atoms with van der Waals surface area (Å²) in [5.41, 5.74) is 1.56. The van der Waals surface area contributed by atoms with Crippen molar-refractivity contribution in [2.45, 2.75) is 26.8 Å². The lowest BCUT2D eigenvalue weighted by molar-refractivity contribution is 0.0936. The molecule has 0 bridgehead atoms. The summed E-state index contributed by atoms with van der Waals surface area (Å²) in [6.45, 7) is 5.52. The van der Waals surface area contributed by atoms with E-state index in [4.69, 9.17) is 0 Å². The Morgan fingerprint density at radius 3 is 2.70 bits per heavy atom. The molecular weight excluding hydrogens is 256 g/mol. The second-order valence-corrected chi connectivity index (χ2v) is 4.90. The third-order valence-electron chi connectivity index (χ3n) is 3.28. The SMILES string of the molecule is Cc1cnc([C@@H](C)NC(=O)c2ccc(C)n(C)c2=O)[nH]1. The molecule has 2 heterocycles. The number of carbonyl (C=O) groups is 1. The maximum Gasteiger partial charge on any atom is 0.263 e. The van der Waals surface area contributed by atoms with Crippen LogP contribution in [0.4, 0.5) is 0 Å². The molecule has 2 aromatic rings. The molecule has 0 saturated carbocycles. The van der Waals surface area contributed by atoms with Crippen molar-refractivity contribution in [2.24, 2.45) is 7.05 Å². The van der Waals surface area contributed by atoms with Gasteiger partial charge < -0.3 is 14.9 Å². The van der Waals surface area contributed by atoms with Crippen LogP contribution in [0.3, 0.4) is 0 Å². The van der Waals surface area contributed by atoms with Gasteiger partial charge in [0.15, 0.2) is 0 Å². The maximum atomic E-state index is 12.2. The summed E-state index contributed by atoms with van der Waals surface area (Å²) >= 11 is 0. The monoisotopic (exact) mass is 274 g/mol. The van der Waals surface area contributed by atoms with Gasteiger partial charge in [-0.15, -0.1) is 0 Å². The van der Waals surface area contributed by atoms with Crippen LogP contribution in [0.25, 0.3) is 0 Å². The van der Waals surface area contributed by atoms with Crippen molar-refractivity contribution in [3.8, 4) is 0 Å². The average Bonchev–Trinajstić information content (AvgIpc) is 2.82. The highest BCUT2D eigenvalue weighted by atomic mass is 16.2. The molecule has 0 fully saturated rings. The van der Waals surface area contributed by atoms with Gasteiger partial charge in [-0.1, -0.05) is 0 Å². The summed E-state index contributed by atoms with van der Waals surface area (Å²) in [5, 5.41) is 2.77. The first kappa shape index (κ1) is 14.0. The third kappa shape index (κ3) is 2.64. The van der Waals surface area contributed by atoms with Crippen LogP contribution in [0, 0.1) is 13.8 Å². The number of aryl methyl sites for hydroxylation is 2. The van der Waals surface area contributed by atoms with Gasteiger partial charge in [0.25, 0.3) is 11.5 Å². The summed E-state index contributed by atoms with van der Waals surface area (Å²) in [7, 11) is 1.65. The zero-order valence-electron chi connectivity index (χ0n) is 12.0. The Kier molecular flexibility index (Phi) is 3.74. The predicted molar refractivity (Wildman–Crippen MR) is 75.6 cm³/mol. The topological polar surface area (TPSA) is 79.8 Å². The number of H-pyrrole nitrogens is 1. The lowest BCUT2D eigenvalue weighted by atomic mass is 10.2. The van der Waals surface area contributed by atoms with Crippen LogP contribution in [0.2, 0.25) is 0 Å². The second kappa shape index (κ2) is 5.32. The number of aromatic amines is 1. The first-order valence-corrected chi connectivity index (χ1v) is 6.39. The van der Waals surface area contributed by atoms with E-state index in [1.165, 1.54) is 4.57 Å². The van der Waals surface area contributed by atoms with E-state index >= 15 is 0 Å². The number of hydrogen-bond acceptors (Lipinski definition) is 3. The molecule has 0 spiro atoms. The van der Waals surface area contributed by atoms with E-state index in [0.717, 1.165) is 11.4 Å². The molecule has 2 aromatic heterocycles. The number of carbonyl (C=O) groups excluding carboxylic acids is 1. The van der Waals surface area contributed by atoms with Crippen molar-refractivity contribution in [1.29, 1.82) is 0 Å². The number of aromatic nitrogens is 3. The maximum absolute atomic E-state index is 12.2. The van der Waals surface area contributed by atoms with Gasteiger partial charge in [0.2, 0.25) is 0 Å². The zero-order valence-corrected chi connectivity index (χ0v) is 12.0. The van der Waals surface area contributed by atoms with E-state index in [0.29, 0.717) is 5.82 Å². The summed E-state index contributed by atoms with van der Waals surface area (Å²) in [4.78, 5) is 31.4. The largest absolute Gasteiger partial charge is 0.344 e. The van der Waals surface area contributed by atoms with Crippen LogP contribution in [-0.2, 0) is 7.05 Å². The van der Waals surface area contributed by atoms with Crippen LogP contribution in [0.15, 0.2) is 23.1 Å². The average molecular weight is 274 g/mol. The third-order valence-corrected chi connectivity index (χ3v) is 3.28. The Morgan fingerprint density at radius 1 is 1.40 bits per heavy atom. The molecule has 6 nitrogen and oxygen atoms in total. The molecule has 1 amide bonds. The minimum absolute atomic E-state index is 0.133. The van der Waals surface area contributed by atoms with Crippen molar-refractivity contribution >= 4 is 5.91 Å². The number of nitrogens with one attached hydrogen (secondary N) is 2. The lowest BCUT2D eigenvalue weighted by Crippen LogP contribution is -2.34. The number of imidazole rings is 1. The molecule has 1 atom stereocenters. The van der Waals surface area contributed by atoms with Gasteiger partial charge in [0, 0.05) is 24.6 Å². The molecule has 0 aliphatic rings. The fraction of sp³-hybridized carbons (Fsp3) is 0.357. The second-order valence-electron chi connectivity index (χ2n) is 4.90. The van der Waals surface area contributed by atoms with Gasteiger partial charge in [-0.3, -0.25) is 9.59 Å². The number of amides is 1. The Labute approximate surface area is 116 Å². The van der Waals surface area contributed by atoms with Crippen molar-refractivity contribution in [3.63, 3.8) is 0 Å². The number of pyridine rings is 1. The van der Waals surface area contributed by atoms with Gasteiger partial charge in [-0.2, -0.15) is 0 Å². The van der Waals surface area contributed by atoms with Gasteiger partial charge in [-0.05, 0) is 32.9 Å². The molecule has 2 rings (SSSR count). The van der Waals surface area contributed by atoms with Crippen molar-refractivity contribution in [1.82, 2.24) is 19.9 Å². The summed E-state index contributed by atoms with van der Waals surface area (Å²) in [6, 6.07) is 3.01. The van der Waals surface area contributed by atoms with Crippen LogP contribution in [0.1, 0.15) is 40.5 Å². The molecule has 0 aliphatic heterocycles. The van der Waals surface area contributed by atoms with E-state index in [2.05, 4.69) is 15.3 Å². The van der Waals surface area contributed by atoms with Gasteiger partial charge in [0.1, 0.15) is 11.4 Å². The highest BCUT2D eigenvalue weighted by Gasteiger charge is 2.17. The van der Waals surface area contributed by atoms with Crippen molar-refractivity contribution < 1.29 is 4.79 Å². The van der Waals surface area contributed by atoms with Crippen LogP contribution >= 0.6 is 0 Å². The number of hydrogen-bond donors (Lipinski definition) is 2. The zero-order chi connectivity index (χ0) is 14.9. The Hall–Kier alpha value is -2.37. The van der Waals surface area contributed by atoms with Gasteiger partial charge >= 0.3 is 0 Å². The molecule has 0 aliphatic carbocycles. The van der Waals surface area contributed by atoms with Crippen LogP contribution in [-0.4, -0.2) is 20.4 Å². The predicted octanol–water partition coefficient (Wildman–Crippen LogP) is 1.22. The number of rotatable bonds is 3. The first-order valence-electron chi connectivity index (χ1n) is 6.39. The first-order chi connectivity index (χ1) is 9.40. The molecule has 0 radical (unpaired) electrons. The minimum Gasteiger partial charge on any atom is -0.344 e. The molecule has 0 unspecified atom stereocenters.